The zero-order chi connectivity index (χ0) is 20.4. The number of nitrogens with two attached hydrogens (primary N) is 1. The molecule has 0 aliphatic rings. The van der Waals surface area contributed by atoms with Crippen molar-refractivity contribution in [3.05, 3.63) is 0 Å². The molecule has 2 amide bonds. The Bertz CT molecular complexity index is 342. The van der Waals surface area contributed by atoms with Crippen molar-refractivity contribution in [1.82, 2.24) is 5.32 Å². The van der Waals surface area contributed by atoms with Gasteiger partial charge in [-0.1, -0.05) is 66.2 Å². The van der Waals surface area contributed by atoms with E-state index in [9.17, 15) is 4.79 Å². The Balaban J connectivity index is 4.87. The number of ether oxygens (including phenoxy) is 2. The number of rotatable bonds is 19. The van der Waals surface area contributed by atoms with Crippen LogP contribution in [0.1, 0.15) is 105 Å². The summed E-state index contributed by atoms with van der Waals surface area (Å²) in [6.45, 7) is 10.8. The molecule has 5 heteroatoms. The molecule has 0 radical (unpaired) electrons. The molecule has 1 atom stereocenters. The van der Waals surface area contributed by atoms with E-state index in [1.165, 1.54) is 38.5 Å². The van der Waals surface area contributed by atoms with Crippen LogP contribution >= 0.6 is 0 Å². The summed E-state index contributed by atoms with van der Waals surface area (Å²) in [6.07, 6.45) is 13.6. The lowest BCUT2D eigenvalue weighted by atomic mass is 9.86. The maximum Gasteiger partial charge on any atom is 0.312 e. The number of hydrogen-bond donors (Lipinski definition) is 2. The standard InChI is InChI=1S/C22H46N2O3/c1-5-9-10-11-12-13-15-20(16-14-17-24-21(23)25)22(8-4,26-18-6-2)27-19-7-3/h20H,5-19H2,1-4H3,(H3,23,24,25). The third-order valence-electron chi connectivity index (χ3n) is 5.15. The lowest BCUT2D eigenvalue weighted by molar-refractivity contribution is -0.272. The number of urea groups is 1. The van der Waals surface area contributed by atoms with E-state index in [0.29, 0.717) is 12.5 Å². The van der Waals surface area contributed by atoms with Crippen molar-refractivity contribution in [3.8, 4) is 0 Å². The average Bonchev–Trinajstić information content (AvgIpc) is 2.67. The fourth-order valence-electron chi connectivity index (χ4n) is 3.64. The Morgan fingerprint density at radius 2 is 1.41 bits per heavy atom. The second kappa shape index (κ2) is 17.3. The third-order valence-corrected chi connectivity index (χ3v) is 5.15. The summed E-state index contributed by atoms with van der Waals surface area (Å²) in [6, 6.07) is -0.450. The lowest BCUT2D eigenvalue weighted by Gasteiger charge is -2.40. The molecule has 1 unspecified atom stereocenters. The van der Waals surface area contributed by atoms with Crippen molar-refractivity contribution in [3.63, 3.8) is 0 Å². The van der Waals surface area contributed by atoms with E-state index in [4.69, 9.17) is 15.2 Å². The highest BCUT2D eigenvalue weighted by atomic mass is 16.7. The predicted octanol–water partition coefficient (Wildman–Crippen LogP) is 5.76. The Kier molecular flexibility index (Phi) is 16.8. The van der Waals surface area contributed by atoms with E-state index in [2.05, 4.69) is 33.0 Å². The van der Waals surface area contributed by atoms with Gasteiger partial charge in [-0.05, 0) is 38.5 Å². The number of hydrogen-bond acceptors (Lipinski definition) is 3. The molecule has 0 aromatic heterocycles. The van der Waals surface area contributed by atoms with Crippen LogP contribution in [0.15, 0.2) is 0 Å². The second-order valence-electron chi connectivity index (χ2n) is 7.55. The lowest BCUT2D eigenvalue weighted by Crippen LogP contribution is -2.44. The first-order valence-corrected chi connectivity index (χ1v) is 11.4. The number of unbranched alkanes of at least 4 members (excludes halogenated alkanes) is 5. The smallest absolute Gasteiger partial charge is 0.312 e. The molecule has 0 spiro atoms. The Morgan fingerprint density at radius 1 is 0.852 bits per heavy atom. The molecule has 0 aliphatic carbocycles. The van der Waals surface area contributed by atoms with Crippen LogP contribution in [-0.4, -0.2) is 31.6 Å². The number of carbonyl (C=O) groups is 1. The van der Waals surface area contributed by atoms with Gasteiger partial charge < -0.3 is 20.5 Å². The van der Waals surface area contributed by atoms with Crippen molar-refractivity contribution >= 4 is 6.03 Å². The topological polar surface area (TPSA) is 73.6 Å². The van der Waals surface area contributed by atoms with Crippen molar-refractivity contribution < 1.29 is 14.3 Å². The predicted molar refractivity (Wildman–Crippen MR) is 114 cm³/mol. The van der Waals surface area contributed by atoms with Crippen LogP contribution in [0.25, 0.3) is 0 Å². The summed E-state index contributed by atoms with van der Waals surface area (Å²) in [7, 11) is 0. The minimum Gasteiger partial charge on any atom is -0.352 e. The van der Waals surface area contributed by atoms with Crippen LogP contribution in [0.2, 0.25) is 0 Å². The minimum atomic E-state index is -0.498. The van der Waals surface area contributed by atoms with Crippen molar-refractivity contribution in [2.24, 2.45) is 11.7 Å². The molecule has 0 rings (SSSR count). The van der Waals surface area contributed by atoms with Crippen molar-refractivity contribution in [2.75, 3.05) is 19.8 Å². The first-order valence-electron chi connectivity index (χ1n) is 11.4. The molecule has 0 fully saturated rings. The van der Waals surface area contributed by atoms with Gasteiger partial charge in [0.15, 0.2) is 5.79 Å². The SMILES string of the molecule is CCCCCCCCC(CCCNC(N)=O)C(CC)(OCCC)OCCC. The monoisotopic (exact) mass is 386 g/mol. The van der Waals surface area contributed by atoms with Crippen LogP contribution in [-0.2, 0) is 9.47 Å². The molecule has 0 saturated heterocycles. The van der Waals surface area contributed by atoms with E-state index in [1.807, 2.05) is 0 Å². The number of nitrogens with one attached hydrogen (secondary N) is 1. The summed E-state index contributed by atoms with van der Waals surface area (Å²) >= 11 is 0. The highest BCUT2D eigenvalue weighted by molar-refractivity contribution is 5.71. The second-order valence-corrected chi connectivity index (χ2v) is 7.55. The quantitative estimate of drug-likeness (QED) is 0.219. The molecule has 3 N–H and O–H groups in total. The zero-order valence-electron chi connectivity index (χ0n) is 18.5. The molecule has 0 aromatic rings. The largest absolute Gasteiger partial charge is 0.352 e. The summed E-state index contributed by atoms with van der Waals surface area (Å²) in [5.41, 5.74) is 5.19. The first-order chi connectivity index (χ1) is 13.1. The summed E-state index contributed by atoms with van der Waals surface area (Å²) in [5.74, 6) is -0.149. The summed E-state index contributed by atoms with van der Waals surface area (Å²) in [4.78, 5) is 10.9. The van der Waals surface area contributed by atoms with Crippen LogP contribution in [0.3, 0.4) is 0 Å². The molecular formula is C22H46N2O3. The Morgan fingerprint density at radius 3 is 1.93 bits per heavy atom. The van der Waals surface area contributed by atoms with E-state index < -0.39 is 11.8 Å². The molecule has 162 valence electrons. The highest BCUT2D eigenvalue weighted by Gasteiger charge is 2.38. The average molecular weight is 387 g/mol. The Hall–Kier alpha value is -0.810. The molecule has 0 heterocycles. The van der Waals surface area contributed by atoms with Gasteiger partial charge in [0, 0.05) is 25.7 Å². The maximum atomic E-state index is 10.9. The number of primary amides is 1. The zero-order valence-corrected chi connectivity index (χ0v) is 18.5. The molecule has 0 bridgehead atoms. The van der Waals surface area contributed by atoms with Gasteiger partial charge in [0.1, 0.15) is 0 Å². The van der Waals surface area contributed by atoms with E-state index in [1.54, 1.807) is 0 Å². The van der Waals surface area contributed by atoms with E-state index in [0.717, 1.165) is 51.7 Å². The minimum absolute atomic E-state index is 0.349. The van der Waals surface area contributed by atoms with E-state index in [-0.39, 0.29) is 0 Å². The third kappa shape index (κ3) is 12.3. The van der Waals surface area contributed by atoms with Gasteiger partial charge in [-0.2, -0.15) is 0 Å². The molecule has 0 aliphatic heterocycles. The van der Waals surface area contributed by atoms with Gasteiger partial charge in [0.25, 0.3) is 0 Å². The number of carbonyl (C=O) groups excluding carboxylic acids is 1. The van der Waals surface area contributed by atoms with Crippen LogP contribution in [0.5, 0.6) is 0 Å². The summed E-state index contributed by atoms with van der Waals surface area (Å²) in [5, 5.41) is 2.70. The van der Waals surface area contributed by atoms with Gasteiger partial charge in [-0.3, -0.25) is 0 Å². The van der Waals surface area contributed by atoms with Crippen LogP contribution in [0.4, 0.5) is 4.79 Å². The maximum absolute atomic E-state index is 10.9. The van der Waals surface area contributed by atoms with Gasteiger partial charge >= 0.3 is 6.03 Å². The fourth-order valence-corrected chi connectivity index (χ4v) is 3.64. The van der Waals surface area contributed by atoms with Gasteiger partial charge in [-0.25, -0.2) is 4.79 Å². The van der Waals surface area contributed by atoms with Gasteiger partial charge in [0.05, 0.1) is 0 Å². The van der Waals surface area contributed by atoms with Gasteiger partial charge in [0.2, 0.25) is 0 Å². The number of amides is 2. The highest BCUT2D eigenvalue weighted by Crippen LogP contribution is 2.35. The first kappa shape index (κ1) is 26.2. The molecular weight excluding hydrogens is 340 g/mol. The molecule has 0 saturated carbocycles. The van der Waals surface area contributed by atoms with Gasteiger partial charge in [-0.15, -0.1) is 0 Å². The fraction of sp³-hybridized carbons (Fsp3) is 0.955. The summed E-state index contributed by atoms with van der Waals surface area (Å²) < 4.78 is 12.7. The van der Waals surface area contributed by atoms with Crippen molar-refractivity contribution in [2.45, 2.75) is 111 Å². The van der Waals surface area contributed by atoms with Crippen LogP contribution in [0, 0.1) is 5.92 Å². The van der Waals surface area contributed by atoms with E-state index >= 15 is 0 Å². The van der Waals surface area contributed by atoms with Crippen LogP contribution < -0.4 is 11.1 Å². The Labute approximate surface area is 168 Å². The molecule has 27 heavy (non-hydrogen) atoms. The van der Waals surface area contributed by atoms with Crippen molar-refractivity contribution in [1.29, 1.82) is 0 Å². The normalized spacial score (nSPS) is 12.9. The molecule has 0 aromatic carbocycles. The molecule has 5 nitrogen and oxygen atoms in total.